The van der Waals surface area contributed by atoms with E-state index in [1.54, 1.807) is 6.33 Å². The molecule has 1 N–H and O–H groups in total. The molecule has 5 nitrogen and oxygen atoms in total. The smallest absolute Gasteiger partial charge is 0.163 e. The van der Waals surface area contributed by atoms with Crippen molar-refractivity contribution < 1.29 is 0 Å². The Morgan fingerprint density at radius 1 is 0.306 bits per heavy atom. The lowest BCUT2D eigenvalue weighted by atomic mass is 10.0. The van der Waals surface area contributed by atoms with Crippen LogP contribution in [0, 0.1) is 0 Å². The van der Waals surface area contributed by atoms with Crippen molar-refractivity contribution >= 4 is 43.6 Å². The molecule has 0 unspecified atom stereocenters. The number of aromatic nitrogens is 5. The van der Waals surface area contributed by atoms with Crippen LogP contribution in [0.15, 0.2) is 255 Å². The SMILES string of the molecule is c1cc(-c2ccc3c(c2)[nH]c2ccccc23)cc(-n2c3ccccc3c3ccccc32)c1.c1ccc(-c2ncnc(-c3ccccc3)n2)cc1.c1ccccc1.c1ccccc1. The van der Waals surface area contributed by atoms with E-state index in [0.29, 0.717) is 11.6 Å². The molecule has 0 spiro atoms. The molecule has 0 bridgehead atoms. The second kappa shape index (κ2) is 19.1. The summed E-state index contributed by atoms with van der Waals surface area (Å²) in [5.74, 6) is 1.40. The maximum absolute atomic E-state index is 4.49. The molecule has 3 aromatic heterocycles. The quantitative estimate of drug-likeness (QED) is 0.193. The highest BCUT2D eigenvalue weighted by molar-refractivity contribution is 6.10. The van der Waals surface area contributed by atoms with E-state index in [-0.39, 0.29) is 0 Å². The van der Waals surface area contributed by atoms with Gasteiger partial charge in [0.05, 0.1) is 11.0 Å². The summed E-state index contributed by atoms with van der Waals surface area (Å²) >= 11 is 0. The number of H-pyrrole nitrogens is 1. The van der Waals surface area contributed by atoms with Gasteiger partial charge in [-0.15, -0.1) is 0 Å². The molecule has 0 atom stereocenters. The second-order valence-electron chi connectivity index (χ2n) is 14.5. The minimum atomic E-state index is 0.699. The highest BCUT2D eigenvalue weighted by atomic mass is 15.0. The normalized spacial score (nSPS) is 10.6. The van der Waals surface area contributed by atoms with Crippen molar-refractivity contribution in [1.29, 1.82) is 0 Å². The third-order valence-corrected chi connectivity index (χ3v) is 10.5. The van der Waals surface area contributed by atoms with E-state index in [2.05, 4.69) is 140 Å². The Morgan fingerprint density at radius 2 is 0.726 bits per heavy atom. The molecule has 0 saturated carbocycles. The van der Waals surface area contributed by atoms with Crippen molar-refractivity contribution in [3.8, 4) is 39.6 Å². The summed E-state index contributed by atoms with van der Waals surface area (Å²) in [6.07, 6.45) is 1.55. The van der Waals surface area contributed by atoms with Gasteiger partial charge in [-0.2, -0.15) is 0 Å². The van der Waals surface area contributed by atoms with Crippen LogP contribution >= 0.6 is 0 Å². The number of benzene rings is 9. The number of para-hydroxylation sites is 3. The van der Waals surface area contributed by atoms with Crippen LogP contribution in [-0.4, -0.2) is 24.5 Å². The van der Waals surface area contributed by atoms with Gasteiger partial charge >= 0.3 is 0 Å². The summed E-state index contributed by atoms with van der Waals surface area (Å²) in [5.41, 5.74) is 10.4. The number of hydrogen-bond donors (Lipinski definition) is 1. The number of aromatic amines is 1. The summed E-state index contributed by atoms with van der Waals surface area (Å²) < 4.78 is 2.37. The van der Waals surface area contributed by atoms with Crippen LogP contribution in [0.1, 0.15) is 0 Å². The lowest BCUT2D eigenvalue weighted by Gasteiger charge is -2.10. The van der Waals surface area contributed by atoms with Crippen LogP contribution in [0.2, 0.25) is 0 Å². The van der Waals surface area contributed by atoms with Gasteiger partial charge in [0.15, 0.2) is 11.6 Å². The molecule has 0 aliphatic carbocycles. The van der Waals surface area contributed by atoms with Crippen molar-refractivity contribution in [3.63, 3.8) is 0 Å². The van der Waals surface area contributed by atoms with E-state index in [9.17, 15) is 0 Å². The number of fused-ring (bicyclic) bond motifs is 6. The van der Waals surface area contributed by atoms with Crippen LogP contribution < -0.4 is 0 Å². The number of rotatable bonds is 4. The lowest BCUT2D eigenvalue weighted by Crippen LogP contribution is -1.94. The predicted molar refractivity (Wildman–Crippen MR) is 259 cm³/mol. The molecule has 0 aliphatic heterocycles. The Labute approximate surface area is 361 Å². The Morgan fingerprint density at radius 3 is 1.27 bits per heavy atom. The lowest BCUT2D eigenvalue weighted by molar-refractivity contribution is 1.07. The molecule has 9 aromatic carbocycles. The fraction of sp³-hybridized carbons (Fsp3) is 0. The Kier molecular flexibility index (Phi) is 12.0. The maximum atomic E-state index is 4.49. The molecule has 0 fully saturated rings. The van der Waals surface area contributed by atoms with Crippen LogP contribution in [0.4, 0.5) is 0 Å². The van der Waals surface area contributed by atoms with Crippen molar-refractivity contribution in [2.24, 2.45) is 0 Å². The van der Waals surface area contributed by atoms with E-state index >= 15 is 0 Å². The third-order valence-electron chi connectivity index (χ3n) is 10.5. The average Bonchev–Trinajstić information content (AvgIpc) is 3.92. The fourth-order valence-electron chi connectivity index (χ4n) is 7.58. The molecule has 12 aromatic rings. The first-order valence-corrected chi connectivity index (χ1v) is 20.7. The van der Waals surface area contributed by atoms with Gasteiger partial charge in [0.25, 0.3) is 0 Å². The monoisotopic (exact) mass is 797 g/mol. The fourth-order valence-corrected chi connectivity index (χ4v) is 7.58. The minimum absolute atomic E-state index is 0.699. The number of hydrogen-bond acceptors (Lipinski definition) is 3. The molecule has 0 saturated heterocycles. The second-order valence-corrected chi connectivity index (χ2v) is 14.5. The third kappa shape index (κ3) is 8.93. The van der Waals surface area contributed by atoms with E-state index in [1.165, 1.54) is 60.4 Å². The molecule has 12 rings (SSSR count). The molecular weight excluding hydrogens is 755 g/mol. The predicted octanol–water partition coefficient (Wildman–Crippen LogP) is 14.7. The van der Waals surface area contributed by atoms with Gasteiger partial charge in [-0.1, -0.05) is 212 Å². The molecule has 62 heavy (non-hydrogen) atoms. The first kappa shape index (κ1) is 39.1. The van der Waals surface area contributed by atoms with E-state index in [1.807, 2.05) is 133 Å². The highest BCUT2D eigenvalue weighted by Gasteiger charge is 2.13. The van der Waals surface area contributed by atoms with Crippen LogP contribution in [0.5, 0.6) is 0 Å². The molecule has 5 heteroatoms. The Balaban J connectivity index is 0.000000135. The van der Waals surface area contributed by atoms with E-state index < -0.39 is 0 Å². The number of nitrogens with zero attached hydrogens (tertiary/aromatic N) is 4. The van der Waals surface area contributed by atoms with E-state index in [0.717, 1.165) is 11.1 Å². The van der Waals surface area contributed by atoms with Crippen molar-refractivity contribution in [1.82, 2.24) is 24.5 Å². The summed E-state index contributed by atoms with van der Waals surface area (Å²) in [4.78, 5) is 16.5. The van der Waals surface area contributed by atoms with Crippen LogP contribution in [0.25, 0.3) is 83.2 Å². The van der Waals surface area contributed by atoms with Crippen molar-refractivity contribution in [2.75, 3.05) is 0 Å². The molecular formula is C57H43N5. The summed E-state index contributed by atoms with van der Waals surface area (Å²) in [5, 5.41) is 5.11. The maximum Gasteiger partial charge on any atom is 0.163 e. The molecule has 0 radical (unpaired) electrons. The average molecular weight is 798 g/mol. The van der Waals surface area contributed by atoms with Gasteiger partial charge in [-0.3, -0.25) is 0 Å². The van der Waals surface area contributed by atoms with Gasteiger partial charge in [-0.05, 0) is 47.5 Å². The van der Waals surface area contributed by atoms with Gasteiger partial charge in [0.2, 0.25) is 0 Å². The largest absolute Gasteiger partial charge is 0.354 e. The molecule has 0 aliphatic rings. The van der Waals surface area contributed by atoms with Crippen molar-refractivity contribution in [2.45, 2.75) is 0 Å². The zero-order valence-electron chi connectivity index (χ0n) is 34.0. The Bertz CT molecular complexity index is 3090. The molecule has 0 amide bonds. The first-order chi connectivity index (χ1) is 30.8. The van der Waals surface area contributed by atoms with Gasteiger partial charge in [-0.25, -0.2) is 15.0 Å². The summed E-state index contributed by atoms with van der Waals surface area (Å²) in [6, 6.07) is 85.2. The summed E-state index contributed by atoms with van der Waals surface area (Å²) in [7, 11) is 0. The van der Waals surface area contributed by atoms with Crippen molar-refractivity contribution in [3.05, 3.63) is 255 Å². The zero-order valence-corrected chi connectivity index (χ0v) is 34.0. The van der Waals surface area contributed by atoms with Crippen LogP contribution in [-0.2, 0) is 0 Å². The van der Waals surface area contributed by atoms with Gasteiger partial charge in [0, 0.05) is 49.4 Å². The van der Waals surface area contributed by atoms with E-state index in [4.69, 9.17) is 0 Å². The van der Waals surface area contributed by atoms with Gasteiger partial charge in [0.1, 0.15) is 6.33 Å². The van der Waals surface area contributed by atoms with Crippen LogP contribution in [0.3, 0.4) is 0 Å². The van der Waals surface area contributed by atoms with Gasteiger partial charge < -0.3 is 9.55 Å². The number of nitrogens with one attached hydrogen (secondary N) is 1. The first-order valence-electron chi connectivity index (χ1n) is 20.7. The minimum Gasteiger partial charge on any atom is -0.354 e. The highest BCUT2D eigenvalue weighted by Crippen LogP contribution is 2.34. The topological polar surface area (TPSA) is 59.4 Å². The Hall–Kier alpha value is -8.41. The zero-order chi connectivity index (χ0) is 41.8. The standard InChI is InChI=1S/C30H20N2.C15H11N3.2C6H6/c1-4-13-27-23(10-1)24-17-16-21(19-28(24)31-27)20-8-7-9-22(18-20)32-29-14-5-2-11-25(29)26-12-3-6-15-30(26)32;1-3-7-12(8-4-1)14-16-11-17-15(18-14)13-9-5-2-6-10-13;2*1-2-4-6-5-3-1/h1-19,31H;1-11H;2*1-6H. The summed E-state index contributed by atoms with van der Waals surface area (Å²) in [6.45, 7) is 0. The molecule has 3 heterocycles. The molecule has 296 valence electrons.